The lowest BCUT2D eigenvalue weighted by Crippen LogP contribution is -2.31. The summed E-state index contributed by atoms with van der Waals surface area (Å²) in [7, 11) is 0. The molecule has 24 heavy (non-hydrogen) atoms. The van der Waals surface area contributed by atoms with Crippen molar-refractivity contribution in [1.29, 1.82) is 0 Å². The van der Waals surface area contributed by atoms with Crippen molar-refractivity contribution >= 4 is 32.7 Å². The number of carbonyl (C=O) groups excluding carboxylic acids is 1. The monoisotopic (exact) mass is 382 g/mol. The second-order valence-electron chi connectivity index (χ2n) is 6.46. The van der Waals surface area contributed by atoms with Crippen LogP contribution in [0.5, 0.6) is 0 Å². The van der Waals surface area contributed by atoms with Crippen LogP contribution in [-0.4, -0.2) is 10.9 Å². The van der Waals surface area contributed by atoms with Crippen LogP contribution in [0.1, 0.15) is 46.1 Å². The first-order valence-electron chi connectivity index (χ1n) is 8.30. The third kappa shape index (κ3) is 2.65. The lowest BCUT2D eigenvalue weighted by atomic mass is 9.91. The quantitative estimate of drug-likeness (QED) is 0.639. The van der Waals surface area contributed by atoms with Gasteiger partial charge in [0.15, 0.2) is 0 Å². The molecule has 1 atom stereocenters. The topological polar surface area (TPSA) is 44.9 Å². The second-order valence-corrected chi connectivity index (χ2v) is 7.32. The van der Waals surface area contributed by atoms with E-state index in [1.807, 2.05) is 24.3 Å². The molecule has 0 saturated carbocycles. The highest BCUT2D eigenvalue weighted by Gasteiger charge is 2.26. The van der Waals surface area contributed by atoms with E-state index in [2.05, 4.69) is 51.4 Å². The Labute approximate surface area is 149 Å². The Morgan fingerprint density at radius 3 is 2.92 bits per heavy atom. The molecule has 1 amide bonds. The van der Waals surface area contributed by atoms with Crippen LogP contribution in [0.2, 0.25) is 0 Å². The van der Waals surface area contributed by atoms with Gasteiger partial charge in [0.1, 0.15) is 0 Å². The molecule has 0 spiro atoms. The number of aromatic nitrogens is 1. The molecule has 1 aliphatic rings. The van der Waals surface area contributed by atoms with Crippen molar-refractivity contribution in [3.05, 3.63) is 69.3 Å². The number of aryl methyl sites for hydroxylation is 2. The van der Waals surface area contributed by atoms with Crippen LogP contribution >= 0.6 is 15.9 Å². The summed E-state index contributed by atoms with van der Waals surface area (Å²) < 4.78 is 0.825. The van der Waals surface area contributed by atoms with Gasteiger partial charge in [-0.3, -0.25) is 4.79 Å². The van der Waals surface area contributed by atoms with Crippen LogP contribution in [0.4, 0.5) is 0 Å². The molecular weight excluding hydrogens is 364 g/mol. The molecule has 0 aliphatic heterocycles. The zero-order chi connectivity index (χ0) is 16.7. The minimum atomic E-state index is -0.0323. The summed E-state index contributed by atoms with van der Waals surface area (Å²) in [5.74, 6) is -0.0323. The van der Waals surface area contributed by atoms with Crippen LogP contribution in [0.25, 0.3) is 10.9 Å². The highest BCUT2D eigenvalue weighted by molar-refractivity contribution is 9.10. The number of aromatic amines is 1. The van der Waals surface area contributed by atoms with E-state index in [9.17, 15) is 4.79 Å². The number of H-pyrrole nitrogens is 1. The van der Waals surface area contributed by atoms with Crippen molar-refractivity contribution in [2.24, 2.45) is 0 Å². The van der Waals surface area contributed by atoms with E-state index in [4.69, 9.17) is 0 Å². The van der Waals surface area contributed by atoms with Crippen molar-refractivity contribution in [3.8, 4) is 0 Å². The molecule has 0 bridgehead atoms. The molecule has 1 unspecified atom stereocenters. The number of carbonyl (C=O) groups is 1. The third-order valence-electron chi connectivity index (χ3n) is 4.79. The average molecular weight is 383 g/mol. The molecule has 4 rings (SSSR count). The minimum Gasteiger partial charge on any atom is -0.356 e. The van der Waals surface area contributed by atoms with Crippen molar-refractivity contribution in [3.63, 3.8) is 0 Å². The maximum absolute atomic E-state index is 12.7. The maximum Gasteiger partial charge on any atom is 0.252 e. The van der Waals surface area contributed by atoms with Gasteiger partial charge in [-0.15, -0.1) is 0 Å². The second kappa shape index (κ2) is 6.10. The lowest BCUT2D eigenvalue weighted by Gasteiger charge is -2.24. The summed E-state index contributed by atoms with van der Waals surface area (Å²) in [6, 6.07) is 14.1. The van der Waals surface area contributed by atoms with Gasteiger partial charge in [0, 0.05) is 21.1 Å². The zero-order valence-corrected chi connectivity index (χ0v) is 15.1. The summed E-state index contributed by atoms with van der Waals surface area (Å²) >= 11 is 3.46. The molecule has 1 aliphatic carbocycles. The summed E-state index contributed by atoms with van der Waals surface area (Å²) in [5.41, 5.74) is 5.63. The molecule has 1 heterocycles. The van der Waals surface area contributed by atoms with Crippen LogP contribution in [0, 0.1) is 6.92 Å². The number of hydrogen-bond acceptors (Lipinski definition) is 1. The molecule has 1 aromatic heterocycles. The Bertz CT molecular complexity index is 929. The van der Waals surface area contributed by atoms with Crippen molar-refractivity contribution in [2.75, 3.05) is 0 Å². The molecule has 3 nitrogen and oxygen atoms in total. The van der Waals surface area contributed by atoms with Crippen LogP contribution in [0.15, 0.2) is 46.9 Å². The number of nitrogens with one attached hydrogen (secondary N) is 2. The predicted octanol–water partition coefficient (Wildman–Crippen LogP) is 5.05. The van der Waals surface area contributed by atoms with Gasteiger partial charge < -0.3 is 10.3 Å². The van der Waals surface area contributed by atoms with Crippen LogP contribution < -0.4 is 5.32 Å². The minimum absolute atomic E-state index is 0.0323. The maximum atomic E-state index is 12.7. The van der Waals surface area contributed by atoms with Gasteiger partial charge in [-0.05, 0) is 71.9 Å². The van der Waals surface area contributed by atoms with Crippen LogP contribution in [-0.2, 0) is 6.42 Å². The van der Waals surface area contributed by atoms with E-state index in [1.54, 1.807) is 0 Å². The predicted molar refractivity (Wildman–Crippen MR) is 100 cm³/mol. The molecule has 0 fully saturated rings. The molecule has 4 heteroatoms. The summed E-state index contributed by atoms with van der Waals surface area (Å²) in [5, 5.41) is 4.50. The number of fused-ring (bicyclic) bond motifs is 3. The first-order chi connectivity index (χ1) is 11.6. The smallest absolute Gasteiger partial charge is 0.252 e. The molecular formula is C20H19BrN2O. The number of hydrogen-bond donors (Lipinski definition) is 2. The average Bonchev–Trinajstić information content (AvgIpc) is 2.94. The van der Waals surface area contributed by atoms with Crippen LogP contribution in [0.3, 0.4) is 0 Å². The van der Waals surface area contributed by atoms with Crippen molar-refractivity contribution in [1.82, 2.24) is 10.3 Å². The van der Waals surface area contributed by atoms with E-state index >= 15 is 0 Å². The third-order valence-corrected chi connectivity index (χ3v) is 5.48. The highest BCUT2D eigenvalue weighted by Crippen LogP contribution is 2.35. The normalized spacial score (nSPS) is 16.8. The fraction of sp³-hybridized carbons (Fsp3) is 0.250. The Hall–Kier alpha value is -2.07. The van der Waals surface area contributed by atoms with E-state index in [0.29, 0.717) is 5.56 Å². The summed E-state index contributed by atoms with van der Waals surface area (Å²) in [4.78, 5) is 16.2. The van der Waals surface area contributed by atoms with Gasteiger partial charge in [0.05, 0.1) is 11.6 Å². The molecule has 3 aromatic rings. The Balaban J connectivity index is 1.68. The highest BCUT2D eigenvalue weighted by atomic mass is 79.9. The number of benzene rings is 2. The number of halogens is 1. The van der Waals surface area contributed by atoms with E-state index < -0.39 is 0 Å². The lowest BCUT2D eigenvalue weighted by molar-refractivity contribution is 0.0931. The zero-order valence-electron chi connectivity index (χ0n) is 13.5. The van der Waals surface area contributed by atoms with Gasteiger partial charge >= 0.3 is 0 Å². The first-order valence-corrected chi connectivity index (χ1v) is 9.09. The summed E-state index contributed by atoms with van der Waals surface area (Å²) in [6.07, 6.45) is 3.13. The molecule has 0 radical (unpaired) electrons. The van der Waals surface area contributed by atoms with Crippen molar-refractivity contribution < 1.29 is 4.79 Å². The first kappa shape index (κ1) is 15.5. The van der Waals surface area contributed by atoms with E-state index in [1.165, 1.54) is 22.2 Å². The molecule has 2 N–H and O–H groups in total. The van der Waals surface area contributed by atoms with Gasteiger partial charge in [-0.1, -0.05) is 23.8 Å². The summed E-state index contributed by atoms with van der Waals surface area (Å²) in [6.45, 7) is 2.12. The molecule has 2 aromatic carbocycles. The fourth-order valence-electron chi connectivity index (χ4n) is 3.60. The Kier molecular flexibility index (Phi) is 3.93. The Morgan fingerprint density at radius 1 is 1.25 bits per heavy atom. The molecule has 0 saturated heterocycles. The van der Waals surface area contributed by atoms with Gasteiger partial charge in [0.2, 0.25) is 0 Å². The number of rotatable bonds is 2. The van der Waals surface area contributed by atoms with E-state index in [0.717, 1.165) is 29.3 Å². The Morgan fingerprint density at radius 2 is 2.08 bits per heavy atom. The number of amides is 1. The van der Waals surface area contributed by atoms with E-state index in [-0.39, 0.29) is 11.9 Å². The molecule has 122 valence electrons. The van der Waals surface area contributed by atoms with Gasteiger partial charge in [0.25, 0.3) is 5.91 Å². The van der Waals surface area contributed by atoms with Gasteiger partial charge in [-0.25, -0.2) is 0 Å². The van der Waals surface area contributed by atoms with Gasteiger partial charge in [-0.2, -0.15) is 0 Å². The fourth-order valence-corrected chi connectivity index (χ4v) is 4.07. The SMILES string of the molecule is Cc1ccc2[nH]c3c(c2c1)CCCC3NC(=O)c1ccccc1Br. The standard InChI is InChI=1S/C20H19BrN2O/c1-12-9-10-17-15(11-12)13-6-4-8-18(19(13)22-17)23-20(24)14-5-2-3-7-16(14)21/h2-3,5,7,9-11,18,22H,4,6,8H2,1H3,(H,23,24). The largest absolute Gasteiger partial charge is 0.356 e. The van der Waals surface area contributed by atoms with Crippen molar-refractivity contribution in [2.45, 2.75) is 32.2 Å².